The Kier molecular flexibility index (Phi) is 4.70. The van der Waals surface area contributed by atoms with Crippen LogP contribution in [0.3, 0.4) is 0 Å². The molecule has 23 heavy (non-hydrogen) atoms. The van der Waals surface area contributed by atoms with Crippen LogP contribution in [0.25, 0.3) is 0 Å². The van der Waals surface area contributed by atoms with Gasteiger partial charge in [-0.2, -0.15) is 0 Å². The number of sulfonamides is 1. The standard InChI is InChI=1S/C16H21N3O2S2/c1-12-5-6-13(2)15(10-12)23(20,21)18-11-14-4-3-8-19(14)16-17-7-9-22-16/h5-7,9-10,14,18H,3-4,8,11H2,1-2H3. The Morgan fingerprint density at radius 3 is 2.96 bits per heavy atom. The zero-order valence-electron chi connectivity index (χ0n) is 13.3. The topological polar surface area (TPSA) is 62.3 Å². The van der Waals surface area contributed by atoms with Crippen molar-refractivity contribution in [3.8, 4) is 0 Å². The summed E-state index contributed by atoms with van der Waals surface area (Å²) in [5.74, 6) is 0. The highest BCUT2D eigenvalue weighted by Gasteiger charge is 2.28. The van der Waals surface area contributed by atoms with E-state index in [0.29, 0.717) is 11.4 Å². The molecule has 1 unspecified atom stereocenters. The third-order valence-corrected chi connectivity index (χ3v) is 6.56. The number of thiazole rings is 1. The van der Waals surface area contributed by atoms with Gasteiger partial charge in [0.2, 0.25) is 10.0 Å². The van der Waals surface area contributed by atoms with Crippen LogP contribution in [-0.4, -0.2) is 32.5 Å². The van der Waals surface area contributed by atoms with Crippen molar-refractivity contribution in [2.45, 2.75) is 37.6 Å². The monoisotopic (exact) mass is 351 g/mol. The first-order valence-electron chi connectivity index (χ1n) is 7.70. The average molecular weight is 351 g/mol. The van der Waals surface area contributed by atoms with Crippen LogP contribution in [0, 0.1) is 13.8 Å². The lowest BCUT2D eigenvalue weighted by Crippen LogP contribution is -2.40. The van der Waals surface area contributed by atoms with Gasteiger partial charge in [-0.15, -0.1) is 11.3 Å². The van der Waals surface area contributed by atoms with Gasteiger partial charge in [-0.3, -0.25) is 0 Å². The van der Waals surface area contributed by atoms with Gasteiger partial charge in [0.05, 0.1) is 4.90 Å². The minimum Gasteiger partial charge on any atom is -0.344 e. The molecule has 2 heterocycles. The van der Waals surface area contributed by atoms with Gasteiger partial charge < -0.3 is 4.90 Å². The van der Waals surface area contributed by atoms with E-state index < -0.39 is 10.0 Å². The van der Waals surface area contributed by atoms with Crippen LogP contribution in [0.4, 0.5) is 5.13 Å². The molecule has 1 fully saturated rings. The lowest BCUT2D eigenvalue weighted by molar-refractivity contribution is 0.566. The number of aromatic nitrogens is 1. The number of rotatable bonds is 5. The molecule has 0 amide bonds. The molecule has 1 saturated heterocycles. The summed E-state index contributed by atoms with van der Waals surface area (Å²) in [7, 11) is -3.49. The zero-order valence-corrected chi connectivity index (χ0v) is 15.0. The van der Waals surface area contributed by atoms with Crippen molar-refractivity contribution >= 4 is 26.5 Å². The van der Waals surface area contributed by atoms with E-state index in [0.717, 1.165) is 35.6 Å². The Bertz CT molecular complexity index is 773. The summed E-state index contributed by atoms with van der Waals surface area (Å²) in [6.07, 6.45) is 3.83. The minimum atomic E-state index is -3.49. The summed E-state index contributed by atoms with van der Waals surface area (Å²) < 4.78 is 28.0. The summed E-state index contributed by atoms with van der Waals surface area (Å²) in [5.41, 5.74) is 1.72. The third-order valence-electron chi connectivity index (χ3n) is 4.18. The van der Waals surface area contributed by atoms with Crippen molar-refractivity contribution in [1.29, 1.82) is 0 Å². The lowest BCUT2D eigenvalue weighted by Gasteiger charge is -2.24. The van der Waals surface area contributed by atoms with E-state index in [1.165, 1.54) is 0 Å². The maximum atomic E-state index is 12.6. The minimum absolute atomic E-state index is 0.168. The Morgan fingerprint density at radius 2 is 2.22 bits per heavy atom. The summed E-state index contributed by atoms with van der Waals surface area (Å²) in [6.45, 7) is 5.07. The first-order valence-corrected chi connectivity index (χ1v) is 10.1. The van der Waals surface area contributed by atoms with Crippen LogP contribution in [0.5, 0.6) is 0 Å². The summed E-state index contributed by atoms with van der Waals surface area (Å²) in [5, 5.41) is 2.92. The van der Waals surface area contributed by atoms with E-state index in [1.54, 1.807) is 23.6 Å². The molecule has 3 rings (SSSR count). The molecular weight excluding hydrogens is 330 g/mol. The molecule has 0 spiro atoms. The van der Waals surface area contributed by atoms with E-state index in [-0.39, 0.29) is 6.04 Å². The van der Waals surface area contributed by atoms with Crippen LogP contribution < -0.4 is 9.62 Å². The molecule has 1 aliphatic rings. The van der Waals surface area contributed by atoms with Crippen molar-refractivity contribution in [2.24, 2.45) is 0 Å². The van der Waals surface area contributed by atoms with E-state index in [9.17, 15) is 8.42 Å². The number of nitrogens with zero attached hydrogens (tertiary/aromatic N) is 2. The third kappa shape index (κ3) is 3.57. The van der Waals surface area contributed by atoms with Crippen LogP contribution >= 0.6 is 11.3 Å². The van der Waals surface area contributed by atoms with Gasteiger partial charge in [0.25, 0.3) is 0 Å². The van der Waals surface area contributed by atoms with E-state index in [2.05, 4.69) is 14.6 Å². The number of nitrogens with one attached hydrogen (secondary N) is 1. The van der Waals surface area contributed by atoms with Crippen LogP contribution in [0.1, 0.15) is 24.0 Å². The van der Waals surface area contributed by atoms with Crippen molar-refractivity contribution in [2.75, 3.05) is 18.0 Å². The second-order valence-electron chi connectivity index (χ2n) is 5.92. The van der Waals surface area contributed by atoms with Gasteiger partial charge >= 0.3 is 0 Å². The van der Waals surface area contributed by atoms with E-state index >= 15 is 0 Å². The summed E-state index contributed by atoms with van der Waals surface area (Å²) >= 11 is 1.60. The highest BCUT2D eigenvalue weighted by molar-refractivity contribution is 7.89. The van der Waals surface area contributed by atoms with Gasteiger partial charge in [-0.1, -0.05) is 12.1 Å². The molecule has 0 aliphatic carbocycles. The van der Waals surface area contributed by atoms with Crippen molar-refractivity contribution in [3.05, 3.63) is 40.9 Å². The van der Waals surface area contributed by atoms with Gasteiger partial charge in [0.15, 0.2) is 5.13 Å². The molecule has 1 atom stereocenters. The average Bonchev–Trinajstić information content (AvgIpc) is 3.17. The predicted octanol–water partition coefficient (Wildman–Crippen LogP) is 2.71. The van der Waals surface area contributed by atoms with Crippen LogP contribution in [0.15, 0.2) is 34.7 Å². The van der Waals surface area contributed by atoms with Gasteiger partial charge in [0, 0.05) is 30.7 Å². The second-order valence-corrected chi connectivity index (χ2v) is 8.53. The summed E-state index contributed by atoms with van der Waals surface area (Å²) in [4.78, 5) is 6.92. The highest BCUT2D eigenvalue weighted by Crippen LogP contribution is 2.27. The molecule has 1 aromatic heterocycles. The Labute approximate surface area is 141 Å². The van der Waals surface area contributed by atoms with E-state index in [4.69, 9.17) is 0 Å². The molecule has 5 nitrogen and oxygen atoms in total. The molecule has 2 aromatic rings. The first-order chi connectivity index (χ1) is 11.0. The SMILES string of the molecule is Cc1ccc(C)c(S(=O)(=O)NCC2CCCN2c2nccs2)c1. The van der Waals surface area contributed by atoms with Crippen LogP contribution in [0.2, 0.25) is 0 Å². The normalized spacial score (nSPS) is 18.5. The molecular formula is C16H21N3O2S2. The largest absolute Gasteiger partial charge is 0.344 e. The number of benzene rings is 1. The fraction of sp³-hybridized carbons (Fsp3) is 0.438. The number of aryl methyl sites for hydroxylation is 2. The zero-order chi connectivity index (χ0) is 16.4. The van der Waals surface area contributed by atoms with Crippen molar-refractivity contribution < 1.29 is 8.42 Å². The number of hydrogen-bond acceptors (Lipinski definition) is 5. The van der Waals surface area contributed by atoms with Crippen molar-refractivity contribution in [1.82, 2.24) is 9.71 Å². The molecule has 0 radical (unpaired) electrons. The quantitative estimate of drug-likeness (QED) is 0.900. The Hall–Kier alpha value is -1.44. The molecule has 1 N–H and O–H groups in total. The fourth-order valence-electron chi connectivity index (χ4n) is 2.94. The Morgan fingerprint density at radius 1 is 1.39 bits per heavy atom. The summed E-state index contributed by atoms with van der Waals surface area (Å²) in [6, 6.07) is 5.67. The molecule has 0 saturated carbocycles. The second kappa shape index (κ2) is 6.59. The Balaban J connectivity index is 1.73. The smallest absolute Gasteiger partial charge is 0.240 e. The predicted molar refractivity (Wildman–Crippen MR) is 93.6 cm³/mol. The molecule has 124 valence electrons. The van der Waals surface area contributed by atoms with Gasteiger partial charge in [-0.05, 0) is 43.9 Å². The van der Waals surface area contributed by atoms with Crippen molar-refractivity contribution in [3.63, 3.8) is 0 Å². The fourth-order valence-corrected chi connectivity index (χ4v) is 5.08. The van der Waals surface area contributed by atoms with Gasteiger partial charge in [0.1, 0.15) is 0 Å². The maximum Gasteiger partial charge on any atom is 0.240 e. The molecule has 1 aliphatic heterocycles. The highest BCUT2D eigenvalue weighted by atomic mass is 32.2. The van der Waals surface area contributed by atoms with E-state index in [1.807, 2.05) is 31.4 Å². The van der Waals surface area contributed by atoms with Crippen LogP contribution in [-0.2, 0) is 10.0 Å². The number of anilines is 1. The van der Waals surface area contributed by atoms with Gasteiger partial charge in [-0.25, -0.2) is 18.1 Å². The molecule has 0 bridgehead atoms. The number of hydrogen-bond donors (Lipinski definition) is 1. The molecule has 1 aromatic carbocycles. The first kappa shape index (κ1) is 16.4. The lowest BCUT2D eigenvalue weighted by atomic mass is 10.2. The maximum absolute atomic E-state index is 12.6. The molecule has 7 heteroatoms.